The Morgan fingerprint density at radius 1 is 1.19 bits per heavy atom. The fraction of sp³-hybridized carbons (Fsp3) is 0.308. The molecule has 2 rings (SSSR count). The van der Waals surface area contributed by atoms with Crippen LogP contribution in [-0.4, -0.2) is 10.7 Å². The van der Waals surface area contributed by atoms with Crippen LogP contribution >= 0.6 is 0 Å². The molecule has 0 bridgehead atoms. The van der Waals surface area contributed by atoms with Crippen molar-refractivity contribution in [1.82, 2.24) is 4.73 Å². The number of benzene rings is 1. The van der Waals surface area contributed by atoms with Gasteiger partial charge in [0.05, 0.1) is 10.9 Å². The number of carbonyl (C=O) groups excluding carboxylic acids is 1. The molecule has 0 saturated heterocycles. The van der Waals surface area contributed by atoms with Gasteiger partial charge in [0.15, 0.2) is 0 Å². The van der Waals surface area contributed by atoms with E-state index in [4.69, 9.17) is 4.84 Å². The number of para-hydroxylation sites is 1. The summed E-state index contributed by atoms with van der Waals surface area (Å²) in [7, 11) is 0. The summed E-state index contributed by atoms with van der Waals surface area (Å²) in [6, 6.07) is 9.70. The maximum atomic E-state index is 11.7. The molecule has 1 aromatic carbocycles. The lowest BCUT2D eigenvalue weighted by Crippen LogP contribution is -2.30. The smallest absolute Gasteiger partial charge is 0.336 e. The van der Waals surface area contributed by atoms with Gasteiger partial charge in [0.1, 0.15) is 0 Å². The number of hydrogen-bond donors (Lipinski definition) is 0. The third-order valence-electron chi connectivity index (χ3n) is 2.36. The van der Waals surface area contributed by atoms with Gasteiger partial charge < -0.3 is 4.84 Å². The first-order chi connectivity index (χ1) is 7.48. The van der Waals surface area contributed by atoms with Crippen molar-refractivity contribution in [3.63, 3.8) is 0 Å². The minimum Gasteiger partial charge on any atom is -0.336 e. The lowest BCUT2D eigenvalue weighted by atomic mass is 9.98. The van der Waals surface area contributed by atoms with Gasteiger partial charge in [0.2, 0.25) is 0 Å². The molecule has 3 nitrogen and oxygen atoms in total. The topological polar surface area (TPSA) is 31.2 Å². The van der Waals surface area contributed by atoms with E-state index in [1.807, 2.05) is 51.1 Å². The zero-order valence-corrected chi connectivity index (χ0v) is 9.73. The number of rotatable bonds is 1. The van der Waals surface area contributed by atoms with Crippen LogP contribution in [0.1, 0.15) is 20.8 Å². The first kappa shape index (κ1) is 10.7. The Balaban J connectivity index is 2.32. The second kappa shape index (κ2) is 3.67. The molecule has 1 aromatic heterocycles. The highest BCUT2D eigenvalue weighted by Gasteiger charge is 2.24. The van der Waals surface area contributed by atoms with Crippen molar-refractivity contribution >= 4 is 16.9 Å². The normalized spacial score (nSPS) is 11.7. The standard InChI is InChI=1S/C13H15NO2/c1-13(2,3)12(15)16-14-9-8-10-6-4-5-7-11(10)14/h4-9H,1-3H3. The molecule has 84 valence electrons. The van der Waals surface area contributed by atoms with Gasteiger partial charge in [-0.25, -0.2) is 4.79 Å². The molecule has 0 fully saturated rings. The first-order valence-electron chi connectivity index (χ1n) is 5.27. The molecule has 0 radical (unpaired) electrons. The molecule has 0 aliphatic carbocycles. The second-order valence-corrected chi connectivity index (χ2v) is 4.83. The Labute approximate surface area is 94.6 Å². The van der Waals surface area contributed by atoms with Crippen LogP contribution in [0.3, 0.4) is 0 Å². The van der Waals surface area contributed by atoms with Crippen LogP contribution in [0.25, 0.3) is 10.9 Å². The summed E-state index contributed by atoms with van der Waals surface area (Å²) in [6.45, 7) is 5.50. The summed E-state index contributed by atoms with van der Waals surface area (Å²) in [5.74, 6) is -0.242. The molecular weight excluding hydrogens is 202 g/mol. The lowest BCUT2D eigenvalue weighted by Gasteiger charge is -2.16. The van der Waals surface area contributed by atoms with Gasteiger partial charge in [-0.2, -0.15) is 4.73 Å². The Bertz CT molecular complexity index is 520. The van der Waals surface area contributed by atoms with E-state index in [0.717, 1.165) is 10.9 Å². The highest BCUT2D eigenvalue weighted by atomic mass is 16.7. The number of carbonyl (C=O) groups is 1. The fourth-order valence-electron chi connectivity index (χ4n) is 1.36. The summed E-state index contributed by atoms with van der Waals surface area (Å²) in [6.07, 6.45) is 1.76. The highest BCUT2D eigenvalue weighted by Crippen LogP contribution is 2.17. The summed E-state index contributed by atoms with van der Waals surface area (Å²) < 4.78 is 1.52. The van der Waals surface area contributed by atoms with Gasteiger partial charge in [-0.3, -0.25) is 0 Å². The molecule has 2 aromatic rings. The highest BCUT2D eigenvalue weighted by molar-refractivity contribution is 5.81. The van der Waals surface area contributed by atoms with Crippen LogP contribution in [0.5, 0.6) is 0 Å². The largest absolute Gasteiger partial charge is 0.338 e. The van der Waals surface area contributed by atoms with Crippen LogP contribution < -0.4 is 4.84 Å². The molecule has 0 unspecified atom stereocenters. The van der Waals surface area contributed by atoms with Crippen molar-refractivity contribution in [1.29, 1.82) is 0 Å². The summed E-state index contributed by atoms with van der Waals surface area (Å²) in [5, 5.41) is 1.06. The van der Waals surface area contributed by atoms with Crippen molar-refractivity contribution in [3.8, 4) is 0 Å². The first-order valence-corrected chi connectivity index (χ1v) is 5.27. The predicted molar refractivity (Wildman–Crippen MR) is 63.0 cm³/mol. The van der Waals surface area contributed by atoms with E-state index in [2.05, 4.69) is 0 Å². The molecule has 1 heterocycles. The van der Waals surface area contributed by atoms with Gasteiger partial charge in [0.25, 0.3) is 0 Å². The summed E-state index contributed by atoms with van der Waals surface area (Å²) in [4.78, 5) is 17.0. The Hall–Kier alpha value is -1.77. The monoisotopic (exact) mass is 217 g/mol. The predicted octanol–water partition coefficient (Wildman–Crippen LogP) is 2.64. The van der Waals surface area contributed by atoms with E-state index in [1.165, 1.54) is 4.73 Å². The lowest BCUT2D eigenvalue weighted by molar-refractivity contribution is -0.152. The maximum Gasteiger partial charge on any atom is 0.338 e. The number of hydrogen-bond acceptors (Lipinski definition) is 2. The van der Waals surface area contributed by atoms with E-state index >= 15 is 0 Å². The van der Waals surface area contributed by atoms with Gasteiger partial charge >= 0.3 is 5.97 Å². The van der Waals surface area contributed by atoms with Crippen LogP contribution in [0.15, 0.2) is 36.5 Å². The zero-order valence-electron chi connectivity index (χ0n) is 9.73. The number of fused-ring (bicyclic) bond motifs is 1. The van der Waals surface area contributed by atoms with E-state index in [0.29, 0.717) is 0 Å². The molecule has 0 aliphatic heterocycles. The maximum absolute atomic E-state index is 11.7. The fourth-order valence-corrected chi connectivity index (χ4v) is 1.36. The minimum atomic E-state index is -0.495. The van der Waals surface area contributed by atoms with E-state index in [1.54, 1.807) is 6.20 Å². The Morgan fingerprint density at radius 3 is 2.56 bits per heavy atom. The van der Waals surface area contributed by atoms with Crippen LogP contribution in [0, 0.1) is 5.41 Å². The van der Waals surface area contributed by atoms with E-state index in [9.17, 15) is 4.79 Å². The van der Waals surface area contributed by atoms with Gasteiger partial charge in [0, 0.05) is 11.6 Å². The second-order valence-electron chi connectivity index (χ2n) is 4.83. The van der Waals surface area contributed by atoms with Gasteiger partial charge in [-0.1, -0.05) is 18.2 Å². The van der Waals surface area contributed by atoms with Crippen molar-refractivity contribution in [3.05, 3.63) is 36.5 Å². The van der Waals surface area contributed by atoms with Gasteiger partial charge in [-0.15, -0.1) is 0 Å². The van der Waals surface area contributed by atoms with Crippen LogP contribution in [-0.2, 0) is 4.79 Å². The summed E-state index contributed by atoms with van der Waals surface area (Å²) in [5.41, 5.74) is 0.408. The van der Waals surface area contributed by atoms with Crippen LogP contribution in [0.2, 0.25) is 0 Å². The molecule has 0 N–H and O–H groups in total. The van der Waals surface area contributed by atoms with Crippen molar-refractivity contribution < 1.29 is 9.63 Å². The average Bonchev–Trinajstić information content (AvgIpc) is 2.61. The molecule has 0 spiro atoms. The SMILES string of the molecule is CC(C)(C)C(=O)On1ccc2ccccc21. The molecule has 0 aliphatic rings. The average molecular weight is 217 g/mol. The number of aromatic nitrogens is 1. The Kier molecular flexibility index (Phi) is 2.46. The number of nitrogens with zero attached hydrogens (tertiary/aromatic N) is 1. The van der Waals surface area contributed by atoms with E-state index in [-0.39, 0.29) is 5.97 Å². The molecule has 0 saturated carbocycles. The molecule has 16 heavy (non-hydrogen) atoms. The third-order valence-corrected chi connectivity index (χ3v) is 2.36. The molecular formula is C13H15NO2. The molecule has 0 atom stereocenters. The van der Waals surface area contributed by atoms with Crippen LogP contribution in [0.4, 0.5) is 0 Å². The van der Waals surface area contributed by atoms with E-state index < -0.39 is 5.41 Å². The third kappa shape index (κ3) is 1.94. The van der Waals surface area contributed by atoms with Crippen molar-refractivity contribution in [2.24, 2.45) is 5.41 Å². The van der Waals surface area contributed by atoms with Gasteiger partial charge in [-0.05, 0) is 32.9 Å². The Morgan fingerprint density at radius 2 is 1.88 bits per heavy atom. The zero-order chi connectivity index (χ0) is 11.8. The van der Waals surface area contributed by atoms with Crippen molar-refractivity contribution in [2.45, 2.75) is 20.8 Å². The van der Waals surface area contributed by atoms with Crippen molar-refractivity contribution in [2.75, 3.05) is 0 Å². The molecule has 0 amide bonds. The minimum absolute atomic E-state index is 0.242. The molecule has 3 heteroatoms. The summed E-state index contributed by atoms with van der Waals surface area (Å²) >= 11 is 0. The quantitative estimate of drug-likeness (QED) is 0.735.